The highest BCUT2D eigenvalue weighted by Crippen LogP contribution is 2.28. The summed E-state index contributed by atoms with van der Waals surface area (Å²) in [5, 5.41) is 15.2. The molecule has 3 heterocycles. The Bertz CT molecular complexity index is 763. The number of anilines is 1. The van der Waals surface area contributed by atoms with Gasteiger partial charge in [-0.3, -0.25) is 14.6 Å². The molecule has 7 heteroatoms. The molecule has 0 atom stereocenters. The van der Waals surface area contributed by atoms with Crippen LogP contribution in [0.2, 0.25) is 0 Å². The third-order valence-corrected chi connectivity index (χ3v) is 4.51. The molecule has 0 aliphatic rings. The van der Waals surface area contributed by atoms with E-state index >= 15 is 0 Å². The minimum atomic E-state index is -0.134. The first kappa shape index (κ1) is 13.8. The van der Waals surface area contributed by atoms with Crippen molar-refractivity contribution in [2.75, 3.05) is 5.32 Å². The van der Waals surface area contributed by atoms with Crippen LogP contribution in [0, 0.1) is 6.92 Å². The number of thiophene rings is 1. The van der Waals surface area contributed by atoms with Crippen LogP contribution in [0.5, 0.6) is 0 Å². The summed E-state index contributed by atoms with van der Waals surface area (Å²) in [6.45, 7) is 4.05. The van der Waals surface area contributed by atoms with Crippen LogP contribution in [0.4, 0.5) is 5.82 Å². The van der Waals surface area contributed by atoms with Crippen molar-refractivity contribution in [1.82, 2.24) is 20.0 Å². The molecule has 3 rings (SSSR count). The van der Waals surface area contributed by atoms with E-state index in [-0.39, 0.29) is 5.91 Å². The van der Waals surface area contributed by atoms with Gasteiger partial charge in [0.1, 0.15) is 4.83 Å². The first-order valence-electron chi connectivity index (χ1n) is 6.87. The summed E-state index contributed by atoms with van der Waals surface area (Å²) in [5.74, 6) is 0.431. The van der Waals surface area contributed by atoms with Gasteiger partial charge in [-0.05, 0) is 19.4 Å². The maximum atomic E-state index is 12.3. The lowest BCUT2D eigenvalue weighted by molar-refractivity contribution is 0.103. The van der Waals surface area contributed by atoms with Crippen LogP contribution in [0.25, 0.3) is 10.2 Å². The van der Waals surface area contributed by atoms with E-state index in [1.54, 1.807) is 4.68 Å². The second-order valence-electron chi connectivity index (χ2n) is 5.02. The van der Waals surface area contributed by atoms with Crippen molar-refractivity contribution in [3.63, 3.8) is 0 Å². The molecule has 3 aromatic rings. The molecule has 0 saturated heterocycles. The summed E-state index contributed by atoms with van der Waals surface area (Å²) in [7, 11) is 1.89. The summed E-state index contributed by atoms with van der Waals surface area (Å²) >= 11 is 1.44. The average molecular weight is 303 g/mol. The fourth-order valence-corrected chi connectivity index (χ4v) is 3.34. The van der Waals surface area contributed by atoms with Crippen molar-refractivity contribution in [2.45, 2.75) is 26.7 Å². The lowest BCUT2D eigenvalue weighted by Crippen LogP contribution is -2.10. The largest absolute Gasteiger partial charge is 0.304 e. The monoisotopic (exact) mass is 303 g/mol. The zero-order valence-electron chi connectivity index (χ0n) is 12.2. The minimum absolute atomic E-state index is 0.134. The van der Waals surface area contributed by atoms with Gasteiger partial charge in [-0.15, -0.1) is 11.3 Å². The molecular weight excluding hydrogens is 286 g/mol. The number of hydrogen-bond donors (Lipinski definition) is 2. The van der Waals surface area contributed by atoms with E-state index in [9.17, 15) is 4.79 Å². The number of H-pyrrole nitrogens is 1. The predicted molar refractivity (Wildman–Crippen MR) is 83.9 cm³/mol. The minimum Gasteiger partial charge on any atom is -0.304 e. The van der Waals surface area contributed by atoms with Crippen LogP contribution in [0.3, 0.4) is 0 Å². The van der Waals surface area contributed by atoms with Crippen molar-refractivity contribution in [3.05, 3.63) is 28.4 Å². The number of carbonyl (C=O) groups excluding carboxylic acids is 1. The fraction of sp³-hybridized carbons (Fsp3) is 0.357. The second-order valence-corrected chi connectivity index (χ2v) is 6.05. The van der Waals surface area contributed by atoms with Crippen LogP contribution >= 0.6 is 11.3 Å². The second kappa shape index (κ2) is 5.33. The number of amides is 1. The Morgan fingerprint density at radius 1 is 1.48 bits per heavy atom. The number of carbonyl (C=O) groups is 1. The molecule has 0 aromatic carbocycles. The topological polar surface area (TPSA) is 75.6 Å². The Morgan fingerprint density at radius 2 is 2.29 bits per heavy atom. The number of aromatic nitrogens is 4. The van der Waals surface area contributed by atoms with Crippen molar-refractivity contribution in [2.24, 2.45) is 7.05 Å². The van der Waals surface area contributed by atoms with Gasteiger partial charge in [0.2, 0.25) is 0 Å². The van der Waals surface area contributed by atoms with Gasteiger partial charge < -0.3 is 5.32 Å². The van der Waals surface area contributed by atoms with Crippen LogP contribution < -0.4 is 5.32 Å². The van der Waals surface area contributed by atoms with E-state index in [4.69, 9.17) is 0 Å². The van der Waals surface area contributed by atoms with E-state index in [2.05, 4.69) is 27.5 Å². The zero-order valence-corrected chi connectivity index (χ0v) is 13.0. The molecule has 0 bridgehead atoms. The summed E-state index contributed by atoms with van der Waals surface area (Å²) in [6, 6.07) is 3.76. The molecular formula is C14H17N5OS. The molecule has 2 N–H and O–H groups in total. The molecule has 0 spiro atoms. The predicted octanol–water partition coefficient (Wildman–Crippen LogP) is 2.87. The number of aryl methyl sites for hydroxylation is 3. The van der Waals surface area contributed by atoms with Crippen LogP contribution in [0.1, 0.15) is 34.4 Å². The van der Waals surface area contributed by atoms with Gasteiger partial charge >= 0.3 is 0 Å². The third-order valence-electron chi connectivity index (χ3n) is 3.31. The maximum absolute atomic E-state index is 12.3. The molecule has 6 nitrogen and oxygen atoms in total. The number of hydrogen-bond acceptors (Lipinski definition) is 4. The highest BCUT2D eigenvalue weighted by Gasteiger charge is 2.16. The number of rotatable bonds is 4. The molecule has 1 amide bonds. The molecule has 0 radical (unpaired) electrons. The van der Waals surface area contributed by atoms with Gasteiger partial charge in [-0.25, -0.2) is 0 Å². The van der Waals surface area contributed by atoms with E-state index in [0.29, 0.717) is 10.7 Å². The van der Waals surface area contributed by atoms with Gasteiger partial charge in [-0.2, -0.15) is 10.2 Å². The standard InChI is InChI=1S/C14H17N5OS/c1-4-5-9-6-12(17-16-9)15-13(20)11-7-10-8(2)18-19(3)14(10)21-11/h6-7H,4-5H2,1-3H3,(H2,15,16,17,20). The molecule has 0 aliphatic carbocycles. The molecule has 0 unspecified atom stereocenters. The molecule has 3 aromatic heterocycles. The Kier molecular flexibility index (Phi) is 3.50. The van der Waals surface area contributed by atoms with Gasteiger partial charge in [0, 0.05) is 24.2 Å². The van der Waals surface area contributed by atoms with Gasteiger partial charge in [0.15, 0.2) is 5.82 Å². The normalized spacial score (nSPS) is 11.2. The highest BCUT2D eigenvalue weighted by molar-refractivity contribution is 7.20. The number of fused-ring (bicyclic) bond motifs is 1. The van der Waals surface area contributed by atoms with Crippen molar-refractivity contribution >= 4 is 33.3 Å². The van der Waals surface area contributed by atoms with Crippen LogP contribution in [-0.2, 0) is 13.5 Å². The molecule has 0 fully saturated rings. The number of nitrogens with one attached hydrogen (secondary N) is 2. The van der Waals surface area contributed by atoms with Gasteiger partial charge in [0.25, 0.3) is 5.91 Å². The van der Waals surface area contributed by atoms with Crippen LogP contribution in [0.15, 0.2) is 12.1 Å². The van der Waals surface area contributed by atoms with E-state index in [0.717, 1.165) is 34.4 Å². The Morgan fingerprint density at radius 3 is 3.00 bits per heavy atom. The number of nitrogens with zero attached hydrogens (tertiary/aromatic N) is 3. The van der Waals surface area contributed by atoms with Crippen molar-refractivity contribution in [3.8, 4) is 0 Å². The smallest absolute Gasteiger partial charge is 0.267 e. The first-order valence-corrected chi connectivity index (χ1v) is 7.69. The lowest BCUT2D eigenvalue weighted by Gasteiger charge is -1.97. The summed E-state index contributed by atoms with van der Waals surface area (Å²) < 4.78 is 1.81. The zero-order chi connectivity index (χ0) is 15.0. The van der Waals surface area contributed by atoms with Crippen molar-refractivity contribution in [1.29, 1.82) is 0 Å². The quantitative estimate of drug-likeness (QED) is 0.778. The van der Waals surface area contributed by atoms with Gasteiger partial charge in [-0.1, -0.05) is 13.3 Å². The molecule has 0 aliphatic heterocycles. The maximum Gasteiger partial charge on any atom is 0.267 e. The van der Waals surface area contributed by atoms with E-state index in [1.165, 1.54) is 11.3 Å². The highest BCUT2D eigenvalue weighted by atomic mass is 32.1. The SMILES string of the molecule is CCCc1cc(NC(=O)c2cc3c(C)nn(C)c3s2)n[nH]1. The third kappa shape index (κ3) is 2.56. The Labute approximate surface area is 126 Å². The fourth-order valence-electron chi connectivity index (χ4n) is 2.32. The average Bonchev–Trinajstić information content (AvgIpc) is 3.10. The van der Waals surface area contributed by atoms with E-state index < -0.39 is 0 Å². The molecule has 21 heavy (non-hydrogen) atoms. The van der Waals surface area contributed by atoms with E-state index in [1.807, 2.05) is 26.1 Å². The molecule has 110 valence electrons. The first-order chi connectivity index (χ1) is 10.1. The van der Waals surface area contributed by atoms with Crippen LogP contribution in [-0.4, -0.2) is 25.9 Å². The summed E-state index contributed by atoms with van der Waals surface area (Å²) in [6.07, 6.45) is 1.97. The summed E-state index contributed by atoms with van der Waals surface area (Å²) in [4.78, 5) is 14.0. The lowest BCUT2D eigenvalue weighted by atomic mass is 10.2. The van der Waals surface area contributed by atoms with Gasteiger partial charge in [0.05, 0.1) is 10.6 Å². The molecule has 0 saturated carbocycles. The number of aromatic amines is 1. The van der Waals surface area contributed by atoms with Crippen molar-refractivity contribution < 1.29 is 4.79 Å². The Hall–Kier alpha value is -2.15. The Balaban J connectivity index is 1.81. The summed E-state index contributed by atoms with van der Waals surface area (Å²) in [5.41, 5.74) is 1.97.